The molecule has 1 atom stereocenters. The van der Waals surface area contributed by atoms with Gasteiger partial charge < -0.3 is 5.11 Å². The van der Waals surface area contributed by atoms with E-state index in [1.54, 1.807) is 29.2 Å². The van der Waals surface area contributed by atoms with E-state index in [-0.39, 0.29) is 6.42 Å². The van der Waals surface area contributed by atoms with Crippen molar-refractivity contribution < 1.29 is 14.7 Å². The van der Waals surface area contributed by atoms with Gasteiger partial charge in [-0.05, 0) is 35.2 Å². The highest BCUT2D eigenvalue weighted by Crippen LogP contribution is 2.42. The Balaban J connectivity index is 1.63. The fourth-order valence-corrected chi connectivity index (χ4v) is 3.92. The normalized spacial score (nSPS) is 17.6. The summed E-state index contributed by atoms with van der Waals surface area (Å²) in [5.41, 5.74) is 2.21. The number of halogens is 1. The number of anilines is 1. The third-order valence-electron chi connectivity index (χ3n) is 5.11. The molecule has 1 saturated heterocycles. The molecule has 5 rings (SSSR count). The van der Waals surface area contributed by atoms with Crippen LogP contribution in [0.3, 0.4) is 0 Å². The number of carboxylic acids is 1. The number of amides is 1. The van der Waals surface area contributed by atoms with Gasteiger partial charge in [0.25, 0.3) is 5.91 Å². The minimum absolute atomic E-state index is 0.294. The number of benzene rings is 3. The van der Waals surface area contributed by atoms with E-state index in [0.29, 0.717) is 16.7 Å². The molecule has 0 aromatic heterocycles. The minimum atomic E-state index is -1.07. The molecule has 0 saturated carbocycles. The Morgan fingerprint density at radius 1 is 1.13 bits per heavy atom. The van der Waals surface area contributed by atoms with E-state index in [0.717, 1.165) is 22.0 Å². The molecule has 0 aliphatic carbocycles. The zero-order valence-electron chi connectivity index (χ0n) is 15.6. The van der Waals surface area contributed by atoms with Crippen molar-refractivity contribution in [2.75, 3.05) is 4.90 Å². The molecular weight excluding hydrogens is 404 g/mol. The molecule has 3 aromatic carbocycles. The summed E-state index contributed by atoms with van der Waals surface area (Å²) in [6.07, 6.45) is 1.17. The Morgan fingerprint density at radius 3 is 2.60 bits per heavy atom. The molecule has 1 N–H and O–H groups in total. The van der Waals surface area contributed by atoms with Crippen LogP contribution in [-0.4, -0.2) is 40.2 Å². The Hall–Kier alpha value is -3.71. The van der Waals surface area contributed by atoms with Crippen molar-refractivity contribution in [1.29, 1.82) is 0 Å². The van der Waals surface area contributed by atoms with Crippen molar-refractivity contribution in [3.8, 4) is 0 Å². The third kappa shape index (κ3) is 2.91. The van der Waals surface area contributed by atoms with Gasteiger partial charge in [0, 0.05) is 10.4 Å². The Kier molecular flexibility index (Phi) is 4.25. The number of nitrogens with zero attached hydrogens (tertiary/aromatic N) is 4. The Morgan fingerprint density at radius 2 is 1.87 bits per heavy atom. The van der Waals surface area contributed by atoms with Gasteiger partial charge >= 0.3 is 5.97 Å². The minimum Gasteiger partial charge on any atom is -0.481 e. The lowest BCUT2D eigenvalue weighted by Gasteiger charge is -2.28. The number of rotatable bonds is 4. The van der Waals surface area contributed by atoms with Crippen LogP contribution in [0.25, 0.3) is 10.8 Å². The van der Waals surface area contributed by atoms with Gasteiger partial charge in [0.05, 0.1) is 24.0 Å². The fourth-order valence-electron chi connectivity index (χ4n) is 3.80. The summed E-state index contributed by atoms with van der Waals surface area (Å²) in [7, 11) is 0. The van der Waals surface area contributed by atoms with Gasteiger partial charge in [-0.1, -0.05) is 48.0 Å². The highest BCUT2D eigenvalue weighted by atomic mass is 35.5. The number of hydrazone groups is 1. The van der Waals surface area contributed by atoms with Gasteiger partial charge in [0.1, 0.15) is 6.04 Å². The SMILES string of the molecule is O=C(O)CC1C(=O)N(/N=C/c2ccc(Cl)cc2)C2=Nc3cccc4cccc(c34)N21. The zero-order valence-corrected chi connectivity index (χ0v) is 16.3. The predicted molar refractivity (Wildman–Crippen MR) is 115 cm³/mol. The highest BCUT2D eigenvalue weighted by molar-refractivity contribution is 6.30. The van der Waals surface area contributed by atoms with E-state index < -0.39 is 17.9 Å². The van der Waals surface area contributed by atoms with Crippen LogP contribution in [0.5, 0.6) is 0 Å². The quantitative estimate of drug-likeness (QED) is 0.648. The van der Waals surface area contributed by atoms with E-state index in [4.69, 9.17) is 11.6 Å². The second-order valence-corrected chi connectivity index (χ2v) is 7.43. The van der Waals surface area contributed by atoms with Crippen molar-refractivity contribution in [2.24, 2.45) is 10.1 Å². The molecule has 0 radical (unpaired) electrons. The number of aliphatic carboxylic acids is 1. The molecule has 1 fully saturated rings. The Labute approximate surface area is 176 Å². The number of guanidine groups is 1. The van der Waals surface area contributed by atoms with Gasteiger partial charge in [-0.3, -0.25) is 14.5 Å². The fraction of sp³-hybridized carbons (Fsp3) is 0.0909. The first kappa shape index (κ1) is 18.3. The van der Waals surface area contributed by atoms with Gasteiger partial charge in [0.2, 0.25) is 5.96 Å². The van der Waals surface area contributed by atoms with Crippen molar-refractivity contribution in [2.45, 2.75) is 12.5 Å². The average Bonchev–Trinajstić information content (AvgIpc) is 2.99. The summed E-state index contributed by atoms with van der Waals surface area (Å²) < 4.78 is 0. The average molecular weight is 419 g/mol. The first-order valence-corrected chi connectivity index (χ1v) is 9.66. The molecule has 1 unspecified atom stereocenters. The number of carbonyl (C=O) groups is 2. The molecule has 2 aliphatic rings. The molecule has 7 nitrogen and oxygen atoms in total. The van der Waals surface area contributed by atoms with Gasteiger partial charge in [0.15, 0.2) is 0 Å². The van der Waals surface area contributed by atoms with E-state index in [2.05, 4.69) is 10.1 Å². The summed E-state index contributed by atoms with van der Waals surface area (Å²) in [6, 6.07) is 17.5. The second-order valence-electron chi connectivity index (χ2n) is 6.99. The molecule has 0 spiro atoms. The van der Waals surface area contributed by atoms with Crippen LogP contribution in [0, 0.1) is 0 Å². The lowest BCUT2D eigenvalue weighted by atomic mass is 10.0. The van der Waals surface area contributed by atoms with Crippen LogP contribution in [0.2, 0.25) is 5.02 Å². The maximum absolute atomic E-state index is 13.2. The first-order valence-electron chi connectivity index (χ1n) is 9.28. The number of carboxylic acid groups (broad SMARTS) is 1. The smallest absolute Gasteiger partial charge is 0.306 e. The van der Waals surface area contributed by atoms with Crippen LogP contribution < -0.4 is 4.90 Å². The maximum Gasteiger partial charge on any atom is 0.306 e. The number of carbonyl (C=O) groups excluding carboxylic acids is 1. The number of aliphatic imine (C=N–C) groups is 1. The maximum atomic E-state index is 13.2. The predicted octanol–water partition coefficient (Wildman–Crippen LogP) is 4.02. The summed E-state index contributed by atoms with van der Waals surface area (Å²) in [4.78, 5) is 31.0. The van der Waals surface area contributed by atoms with Crippen LogP contribution in [0.1, 0.15) is 12.0 Å². The van der Waals surface area contributed by atoms with E-state index in [1.165, 1.54) is 11.2 Å². The molecule has 3 aromatic rings. The molecular formula is C22H15ClN4O3. The van der Waals surface area contributed by atoms with E-state index in [1.807, 2.05) is 36.4 Å². The summed E-state index contributed by atoms with van der Waals surface area (Å²) in [6.45, 7) is 0. The lowest BCUT2D eigenvalue weighted by Crippen LogP contribution is -2.38. The summed E-state index contributed by atoms with van der Waals surface area (Å²) in [5.74, 6) is -1.21. The molecule has 2 heterocycles. The molecule has 148 valence electrons. The molecule has 30 heavy (non-hydrogen) atoms. The molecule has 2 aliphatic heterocycles. The van der Waals surface area contributed by atoms with E-state index in [9.17, 15) is 14.7 Å². The monoisotopic (exact) mass is 418 g/mol. The molecule has 1 amide bonds. The highest BCUT2D eigenvalue weighted by Gasteiger charge is 2.47. The van der Waals surface area contributed by atoms with Gasteiger partial charge in [-0.2, -0.15) is 10.1 Å². The zero-order chi connectivity index (χ0) is 20.8. The number of hydrogen-bond acceptors (Lipinski definition) is 5. The number of fused-ring (bicyclic) bond motifs is 2. The lowest BCUT2D eigenvalue weighted by molar-refractivity contribution is -0.140. The van der Waals surface area contributed by atoms with Gasteiger partial charge in [-0.25, -0.2) is 4.99 Å². The number of hydrogen-bond donors (Lipinski definition) is 1. The molecule has 8 heteroatoms. The van der Waals surface area contributed by atoms with Crippen molar-refractivity contribution >= 4 is 57.8 Å². The molecule has 0 bridgehead atoms. The van der Waals surface area contributed by atoms with Crippen molar-refractivity contribution in [3.05, 3.63) is 71.2 Å². The largest absolute Gasteiger partial charge is 0.481 e. The Bertz CT molecular complexity index is 1250. The summed E-state index contributed by atoms with van der Waals surface area (Å²) in [5, 5.41) is 17.4. The first-order chi connectivity index (χ1) is 14.5. The van der Waals surface area contributed by atoms with Crippen LogP contribution >= 0.6 is 11.6 Å². The van der Waals surface area contributed by atoms with Crippen molar-refractivity contribution in [1.82, 2.24) is 5.01 Å². The van der Waals surface area contributed by atoms with Crippen LogP contribution in [-0.2, 0) is 9.59 Å². The van der Waals surface area contributed by atoms with Gasteiger partial charge in [-0.15, -0.1) is 0 Å². The topological polar surface area (TPSA) is 85.6 Å². The summed E-state index contributed by atoms with van der Waals surface area (Å²) >= 11 is 5.92. The third-order valence-corrected chi connectivity index (χ3v) is 5.36. The standard InChI is InChI=1S/C22H15ClN4O3/c23-15-9-7-13(8-10-15)12-24-27-21(30)18(11-19(28)29)26-17-6-2-4-14-3-1-5-16(20(14)17)25-22(26)27/h1-10,12,18H,11H2,(H,28,29)/b24-12+. The van der Waals surface area contributed by atoms with Crippen LogP contribution in [0.4, 0.5) is 11.4 Å². The van der Waals surface area contributed by atoms with Crippen LogP contribution in [0.15, 0.2) is 70.8 Å². The van der Waals surface area contributed by atoms with E-state index >= 15 is 0 Å². The van der Waals surface area contributed by atoms with Crippen molar-refractivity contribution in [3.63, 3.8) is 0 Å². The second kappa shape index (κ2) is 6.96.